The molecule has 1 saturated heterocycles. The van der Waals surface area contributed by atoms with Gasteiger partial charge in [-0.2, -0.15) is 8.78 Å². The Morgan fingerprint density at radius 2 is 0.990 bits per heavy atom. The summed E-state index contributed by atoms with van der Waals surface area (Å²) in [5.74, 6) is -24.0. The van der Waals surface area contributed by atoms with Crippen LogP contribution in [0.1, 0.15) is 178 Å². The molecule has 7 amide bonds. The zero-order valence-electron chi connectivity index (χ0n) is 60.1. The summed E-state index contributed by atoms with van der Waals surface area (Å²) in [6, 6.07) is -2.25. The van der Waals surface area contributed by atoms with E-state index in [1.807, 2.05) is 0 Å². The Balaban J connectivity index is 2.04. The van der Waals surface area contributed by atoms with E-state index in [0.29, 0.717) is 19.1 Å². The van der Waals surface area contributed by atoms with Crippen LogP contribution >= 0.6 is 0 Å². The summed E-state index contributed by atoms with van der Waals surface area (Å²) in [7, 11) is 0. The summed E-state index contributed by atoms with van der Waals surface area (Å²) in [6.45, 7) is 12.1. The summed E-state index contributed by atoms with van der Waals surface area (Å²) in [6.07, 6.45) is -8.91. The van der Waals surface area contributed by atoms with Gasteiger partial charge in [-0.25, -0.2) is 13.2 Å². The monoisotopic (exact) mass is 1500 g/mol. The molecular weight excluding hydrogens is 1400 g/mol. The molecule has 1 aromatic carbocycles. The largest absolute Gasteiger partial charge is 0.465 e. The molecule has 0 bridgehead atoms. The van der Waals surface area contributed by atoms with Gasteiger partial charge in [-0.1, -0.05) is 6.92 Å². The third kappa shape index (κ3) is 35.5. The van der Waals surface area contributed by atoms with Gasteiger partial charge in [-0.15, -0.1) is 0 Å². The summed E-state index contributed by atoms with van der Waals surface area (Å²) < 4.78 is 124. The molecule has 0 aliphatic carbocycles. The smallest absolute Gasteiger partial charge is 0.311 e. The van der Waals surface area contributed by atoms with E-state index in [4.69, 9.17) is 42.6 Å². The van der Waals surface area contributed by atoms with Crippen LogP contribution in [-0.2, 0) is 115 Å². The molecule has 586 valence electrons. The van der Waals surface area contributed by atoms with Gasteiger partial charge < -0.3 is 89.4 Å². The lowest BCUT2D eigenvalue weighted by atomic mass is 9.83. The van der Waals surface area contributed by atoms with Gasteiger partial charge in [0, 0.05) is 151 Å². The number of aldehydes is 1. The molecule has 1 aliphatic rings. The van der Waals surface area contributed by atoms with Crippen molar-refractivity contribution >= 4 is 89.4 Å². The second-order valence-corrected chi connectivity index (χ2v) is 24.6. The average molecular weight is 1500 g/mol. The maximum Gasteiger partial charge on any atom is 0.311 e. The predicted molar refractivity (Wildman–Crippen MR) is 349 cm³/mol. The van der Waals surface area contributed by atoms with Crippen molar-refractivity contribution in [3.63, 3.8) is 0 Å². The van der Waals surface area contributed by atoms with E-state index >= 15 is 0 Å². The van der Waals surface area contributed by atoms with Gasteiger partial charge in [0.2, 0.25) is 76.2 Å². The van der Waals surface area contributed by atoms with Crippen molar-refractivity contribution < 1.29 is 141 Å². The van der Waals surface area contributed by atoms with Crippen molar-refractivity contribution in [1.29, 1.82) is 0 Å². The van der Waals surface area contributed by atoms with Gasteiger partial charge in [0.15, 0.2) is 24.6 Å². The van der Waals surface area contributed by atoms with Gasteiger partial charge >= 0.3 is 41.8 Å². The van der Waals surface area contributed by atoms with Crippen molar-refractivity contribution in [1.82, 2.24) is 37.2 Å². The quantitative estimate of drug-likeness (QED) is 0.00720. The van der Waals surface area contributed by atoms with Crippen LogP contribution in [0.4, 0.5) is 22.0 Å². The van der Waals surface area contributed by atoms with E-state index in [1.54, 1.807) is 13.8 Å². The van der Waals surface area contributed by atoms with Gasteiger partial charge in [0.05, 0.1) is 18.8 Å². The van der Waals surface area contributed by atoms with Crippen LogP contribution < -0.4 is 42.0 Å². The highest BCUT2D eigenvalue weighted by Gasteiger charge is 2.51. The number of nitrogens with one attached hydrogen (secondary N) is 7. The Morgan fingerprint density at radius 3 is 1.47 bits per heavy atom. The van der Waals surface area contributed by atoms with Crippen molar-refractivity contribution in [2.45, 2.75) is 239 Å². The first-order valence-electron chi connectivity index (χ1n) is 33.9. The highest BCUT2D eigenvalue weighted by molar-refractivity contribution is 5.81. The summed E-state index contributed by atoms with van der Waals surface area (Å²) in [5, 5.41) is 18.9. The first-order valence-corrected chi connectivity index (χ1v) is 33.9. The third-order valence-corrected chi connectivity index (χ3v) is 15.6. The lowest BCUT2D eigenvalue weighted by molar-refractivity contribution is -0.277. The fraction of sp³-hybridized carbons (Fsp3) is 0.687. The van der Waals surface area contributed by atoms with Crippen molar-refractivity contribution in [2.24, 2.45) is 5.92 Å². The molecule has 0 aromatic heterocycles. The second kappa shape index (κ2) is 48.1. The molecule has 1 aliphatic heterocycles. The summed E-state index contributed by atoms with van der Waals surface area (Å²) in [5.41, 5.74) is -1.44. The Labute approximate surface area is 598 Å². The Hall–Kier alpha value is -9.00. The zero-order valence-corrected chi connectivity index (χ0v) is 60.1. The number of rotatable bonds is 49. The van der Waals surface area contributed by atoms with Crippen molar-refractivity contribution in [2.75, 3.05) is 52.6 Å². The minimum atomic E-state index is -2.48. The van der Waals surface area contributed by atoms with Gasteiger partial charge in [0.25, 0.3) is 0 Å². The lowest BCUT2D eigenvalue weighted by Crippen LogP contribution is -2.66. The first kappa shape index (κ1) is 91.1. The zero-order chi connectivity index (χ0) is 78.2. The third-order valence-electron chi connectivity index (χ3n) is 15.6. The summed E-state index contributed by atoms with van der Waals surface area (Å²) >= 11 is 0. The summed E-state index contributed by atoms with van der Waals surface area (Å²) in [4.78, 5) is 187. The van der Waals surface area contributed by atoms with E-state index < -0.39 is 198 Å². The fourth-order valence-corrected chi connectivity index (χ4v) is 10.7. The van der Waals surface area contributed by atoms with E-state index in [1.165, 1.54) is 20.8 Å². The molecule has 0 saturated carbocycles. The van der Waals surface area contributed by atoms with E-state index in [0.717, 1.165) is 34.6 Å². The molecular formula is C67H98F5N7O25. The van der Waals surface area contributed by atoms with Gasteiger partial charge in [-0.05, 0) is 71.1 Å². The number of hydrogen-bond donors (Lipinski definition) is 7. The fourth-order valence-electron chi connectivity index (χ4n) is 10.7. The minimum Gasteiger partial charge on any atom is -0.465 e. The normalized spacial score (nSPS) is 17.4. The minimum absolute atomic E-state index is 0.0231. The topological polar surface area (TPSA) is 433 Å². The van der Waals surface area contributed by atoms with Crippen LogP contribution in [0.5, 0.6) is 5.75 Å². The first-order chi connectivity index (χ1) is 49.0. The molecule has 0 spiro atoms. The number of ether oxygens (including phenoxy) is 10. The predicted octanol–water partition coefficient (Wildman–Crippen LogP) is 3.08. The van der Waals surface area contributed by atoms with Crippen LogP contribution in [0.15, 0.2) is 0 Å². The standard InChI is InChI=1S/C67H98F5N7O25/c1-37(35-97-41(5)83)61(99-43(7)85)64(101-45(9)87)59(77-39(3)81)38(2)95-33-13-11-19-48(89)73-28-17-30-75-50(91)23-26-67(25-16-32-80,79-52(93)21-15-22-53(94)104-63-57(71)55(69)54(68)56(70)58(63)72)27-24-51(92)76-31-18-29-74-49(90)20-12-14-34-96-66-60(78-40(4)82)65(102-46(10)88)62(100-44(8)86)47(103-66)36-98-42(6)84/h32,37-38,47,59-62,64-66H,11-31,33-36H2,1-10H3,(H,73,89)(H,74,90)(H,75,91)(H,76,92)(H,77,81)(H,78,82)(H,79,93). The maximum absolute atomic E-state index is 14.2. The molecule has 37 heteroatoms. The van der Waals surface area contributed by atoms with Crippen LogP contribution in [0, 0.1) is 35.0 Å². The van der Waals surface area contributed by atoms with Crippen molar-refractivity contribution in [3.05, 3.63) is 29.1 Å². The Kier molecular flexibility index (Phi) is 42.1. The highest BCUT2D eigenvalue weighted by Crippen LogP contribution is 2.32. The Bertz CT molecular complexity index is 3070. The number of unbranched alkanes of at least 4 members (excludes halogenated alkanes) is 2. The number of halogens is 5. The number of amides is 7. The molecule has 32 nitrogen and oxygen atoms in total. The highest BCUT2D eigenvalue weighted by atomic mass is 19.2. The maximum atomic E-state index is 14.2. The van der Waals surface area contributed by atoms with Crippen LogP contribution in [0.3, 0.4) is 0 Å². The molecule has 11 atom stereocenters. The lowest BCUT2D eigenvalue weighted by Gasteiger charge is -2.44. The number of hydrogen-bond acceptors (Lipinski definition) is 25. The molecule has 2 rings (SSSR count). The number of esters is 7. The van der Waals surface area contributed by atoms with Gasteiger partial charge in [0.1, 0.15) is 31.1 Å². The molecule has 1 aromatic rings. The molecule has 11 unspecified atom stereocenters. The van der Waals surface area contributed by atoms with Crippen LogP contribution in [0.2, 0.25) is 0 Å². The van der Waals surface area contributed by atoms with E-state index in [-0.39, 0.29) is 135 Å². The second-order valence-electron chi connectivity index (χ2n) is 24.6. The van der Waals surface area contributed by atoms with Crippen LogP contribution in [0.25, 0.3) is 0 Å². The molecule has 1 heterocycles. The number of benzene rings is 1. The number of carbonyl (C=O) groups is 15. The molecule has 0 radical (unpaired) electrons. The average Bonchev–Trinajstić information content (AvgIpc) is 0.797. The Morgan fingerprint density at radius 1 is 0.510 bits per heavy atom. The molecule has 104 heavy (non-hydrogen) atoms. The van der Waals surface area contributed by atoms with E-state index in [2.05, 4.69) is 42.0 Å². The molecule has 1 fully saturated rings. The van der Waals surface area contributed by atoms with Crippen molar-refractivity contribution in [3.8, 4) is 5.75 Å². The number of carbonyl (C=O) groups excluding carboxylic acids is 15. The van der Waals surface area contributed by atoms with Gasteiger partial charge in [-0.3, -0.25) is 67.1 Å². The van der Waals surface area contributed by atoms with E-state index in [9.17, 15) is 93.9 Å². The van der Waals surface area contributed by atoms with Crippen LogP contribution in [-0.4, -0.2) is 203 Å². The SMILES string of the molecule is CC(=O)NC(C(C)OCCCCC(=O)NCCCNC(=O)CCC(CCC=O)(CCC(=O)NCCCNC(=O)CCCCOC1OC(COC(C)=O)C(OC(C)=O)C(OC(C)=O)C1NC(C)=O)NC(=O)CCCC(=O)Oc1c(F)c(F)c(F)c(F)c1F)C(OC(C)=O)C(OC(C)=O)C(C)COC(C)=O. The molecule has 7 N–H and O–H groups in total.